The van der Waals surface area contributed by atoms with Crippen molar-refractivity contribution in [1.29, 1.82) is 0 Å². The smallest absolute Gasteiger partial charge is 0.303 e. The van der Waals surface area contributed by atoms with E-state index < -0.39 is 10.9 Å². The Balaban J connectivity index is 2.25. The van der Waals surface area contributed by atoms with Gasteiger partial charge in [-0.1, -0.05) is 24.3 Å². The fourth-order valence-corrected chi connectivity index (χ4v) is 2.38. The van der Waals surface area contributed by atoms with Crippen LogP contribution in [0.2, 0.25) is 0 Å². The number of hydrogen-bond acceptors (Lipinski definition) is 4. The first-order chi connectivity index (χ1) is 11.6. The lowest BCUT2D eigenvalue weighted by Gasteiger charge is -2.08. The van der Waals surface area contributed by atoms with Gasteiger partial charge in [-0.3, -0.25) is 19.9 Å². The van der Waals surface area contributed by atoms with Crippen LogP contribution in [0.25, 0.3) is 5.57 Å². The van der Waals surface area contributed by atoms with E-state index in [9.17, 15) is 14.9 Å². The zero-order chi connectivity index (χ0) is 17.4. The largest absolute Gasteiger partial charge is 0.481 e. The Bertz CT molecular complexity index is 742. The van der Waals surface area contributed by atoms with Crippen LogP contribution in [0.15, 0.2) is 54.9 Å². The van der Waals surface area contributed by atoms with Crippen LogP contribution in [-0.2, 0) is 4.79 Å². The summed E-state index contributed by atoms with van der Waals surface area (Å²) in [5.74, 6) is -0.801. The fourth-order valence-electron chi connectivity index (χ4n) is 2.38. The van der Waals surface area contributed by atoms with E-state index in [-0.39, 0.29) is 12.1 Å². The number of carboxylic acid groups (broad SMARTS) is 1. The highest BCUT2D eigenvalue weighted by atomic mass is 16.6. The number of nitrogens with zero attached hydrogens (tertiary/aromatic N) is 2. The Morgan fingerprint density at radius 3 is 2.67 bits per heavy atom. The Morgan fingerprint density at radius 2 is 2.00 bits per heavy atom. The number of carbonyl (C=O) groups is 1. The van der Waals surface area contributed by atoms with Crippen LogP contribution < -0.4 is 0 Å². The molecule has 0 saturated heterocycles. The second-order valence-electron chi connectivity index (χ2n) is 5.31. The number of pyridine rings is 1. The van der Waals surface area contributed by atoms with Crippen LogP contribution in [-0.4, -0.2) is 21.0 Å². The maximum absolute atomic E-state index is 11.0. The van der Waals surface area contributed by atoms with Gasteiger partial charge in [0, 0.05) is 36.5 Å². The maximum atomic E-state index is 11.0. The summed E-state index contributed by atoms with van der Waals surface area (Å²) in [6.45, 7) is 0. The van der Waals surface area contributed by atoms with Crippen molar-refractivity contribution < 1.29 is 14.8 Å². The van der Waals surface area contributed by atoms with Crippen molar-refractivity contribution in [2.24, 2.45) is 0 Å². The number of hydrogen-bond donors (Lipinski definition) is 1. The second-order valence-corrected chi connectivity index (χ2v) is 5.31. The molecule has 0 amide bonds. The van der Waals surface area contributed by atoms with Crippen LogP contribution in [0.4, 0.5) is 5.69 Å². The second kappa shape index (κ2) is 8.57. The van der Waals surface area contributed by atoms with Gasteiger partial charge in [0.25, 0.3) is 5.69 Å². The van der Waals surface area contributed by atoms with Crippen LogP contribution in [0.3, 0.4) is 0 Å². The zero-order valence-corrected chi connectivity index (χ0v) is 13.1. The Labute approximate surface area is 139 Å². The SMILES string of the molecule is O=C(O)CCCC/C=C(\c1cccnc1)c1cccc([N+](=O)[O-])c1. The first-order valence-electron chi connectivity index (χ1n) is 7.65. The van der Waals surface area contributed by atoms with Crippen molar-refractivity contribution in [3.05, 3.63) is 76.1 Å². The molecule has 0 atom stereocenters. The number of rotatable bonds is 8. The van der Waals surface area contributed by atoms with Gasteiger partial charge in [-0.15, -0.1) is 0 Å². The van der Waals surface area contributed by atoms with Crippen molar-refractivity contribution >= 4 is 17.2 Å². The highest BCUT2D eigenvalue weighted by Crippen LogP contribution is 2.26. The van der Waals surface area contributed by atoms with Gasteiger partial charge in [0.2, 0.25) is 0 Å². The van der Waals surface area contributed by atoms with Crippen LogP contribution in [0.1, 0.15) is 36.8 Å². The molecule has 1 aromatic heterocycles. The number of allylic oxidation sites excluding steroid dienone is 1. The van der Waals surface area contributed by atoms with Gasteiger partial charge < -0.3 is 5.11 Å². The summed E-state index contributed by atoms with van der Waals surface area (Å²) in [6.07, 6.45) is 7.54. The molecular weight excluding hydrogens is 308 g/mol. The summed E-state index contributed by atoms with van der Waals surface area (Å²) >= 11 is 0. The third-order valence-corrected chi connectivity index (χ3v) is 3.53. The number of carboxylic acids is 1. The van der Waals surface area contributed by atoms with Gasteiger partial charge >= 0.3 is 5.97 Å². The molecule has 0 aliphatic heterocycles. The average molecular weight is 326 g/mol. The molecule has 0 spiro atoms. The van der Waals surface area contributed by atoms with E-state index in [1.54, 1.807) is 18.5 Å². The van der Waals surface area contributed by atoms with E-state index in [4.69, 9.17) is 5.11 Å². The summed E-state index contributed by atoms with van der Waals surface area (Å²) in [5.41, 5.74) is 2.52. The van der Waals surface area contributed by atoms with Crippen LogP contribution >= 0.6 is 0 Å². The summed E-state index contributed by atoms with van der Waals surface area (Å²) in [4.78, 5) is 25.2. The summed E-state index contributed by atoms with van der Waals surface area (Å²) < 4.78 is 0. The van der Waals surface area contributed by atoms with E-state index in [0.29, 0.717) is 12.8 Å². The summed E-state index contributed by atoms with van der Waals surface area (Å²) in [7, 11) is 0. The highest BCUT2D eigenvalue weighted by Gasteiger charge is 2.10. The van der Waals surface area contributed by atoms with Crippen molar-refractivity contribution in [2.45, 2.75) is 25.7 Å². The number of nitro benzene ring substituents is 1. The Kier molecular flexibility index (Phi) is 6.19. The predicted molar refractivity (Wildman–Crippen MR) is 90.5 cm³/mol. The van der Waals surface area contributed by atoms with E-state index in [0.717, 1.165) is 23.1 Å². The normalized spacial score (nSPS) is 11.2. The molecule has 24 heavy (non-hydrogen) atoms. The number of non-ortho nitro benzene ring substituents is 1. The average Bonchev–Trinajstić information content (AvgIpc) is 2.58. The van der Waals surface area contributed by atoms with Gasteiger partial charge in [-0.25, -0.2) is 0 Å². The van der Waals surface area contributed by atoms with E-state index >= 15 is 0 Å². The number of benzene rings is 1. The van der Waals surface area contributed by atoms with Crippen molar-refractivity contribution in [3.63, 3.8) is 0 Å². The molecule has 124 valence electrons. The topological polar surface area (TPSA) is 93.3 Å². The molecular formula is C18H18N2O4. The monoisotopic (exact) mass is 326 g/mol. The molecule has 6 nitrogen and oxygen atoms in total. The van der Waals surface area contributed by atoms with Gasteiger partial charge in [0.1, 0.15) is 0 Å². The Hall–Kier alpha value is -3.02. The minimum atomic E-state index is -0.801. The molecule has 0 unspecified atom stereocenters. The van der Waals surface area contributed by atoms with Crippen molar-refractivity contribution in [3.8, 4) is 0 Å². The van der Waals surface area contributed by atoms with E-state index in [2.05, 4.69) is 4.98 Å². The van der Waals surface area contributed by atoms with Gasteiger partial charge in [0.05, 0.1) is 4.92 Å². The van der Waals surface area contributed by atoms with Gasteiger partial charge in [0.15, 0.2) is 0 Å². The first-order valence-corrected chi connectivity index (χ1v) is 7.65. The molecule has 6 heteroatoms. The molecule has 1 N–H and O–H groups in total. The molecule has 2 aromatic rings. The molecule has 0 fully saturated rings. The third-order valence-electron chi connectivity index (χ3n) is 3.53. The lowest BCUT2D eigenvalue weighted by Crippen LogP contribution is -1.94. The van der Waals surface area contributed by atoms with E-state index in [1.165, 1.54) is 12.1 Å². The molecule has 0 aliphatic rings. The van der Waals surface area contributed by atoms with Crippen LogP contribution in [0, 0.1) is 10.1 Å². The van der Waals surface area contributed by atoms with E-state index in [1.807, 2.05) is 24.3 Å². The molecule has 0 aliphatic carbocycles. The molecule has 0 saturated carbocycles. The lowest BCUT2D eigenvalue weighted by molar-refractivity contribution is -0.384. The number of unbranched alkanes of at least 4 members (excludes halogenated alkanes) is 2. The van der Waals surface area contributed by atoms with Crippen LogP contribution in [0.5, 0.6) is 0 Å². The number of aromatic nitrogens is 1. The third kappa shape index (κ3) is 5.01. The molecule has 1 heterocycles. The number of aliphatic carboxylic acids is 1. The Morgan fingerprint density at radius 1 is 1.21 bits per heavy atom. The highest BCUT2D eigenvalue weighted by molar-refractivity contribution is 5.80. The predicted octanol–water partition coefficient (Wildman–Crippen LogP) is 4.07. The van der Waals surface area contributed by atoms with Crippen molar-refractivity contribution in [1.82, 2.24) is 4.98 Å². The fraction of sp³-hybridized carbons (Fsp3) is 0.222. The molecule has 2 rings (SSSR count). The summed E-state index contributed by atoms with van der Waals surface area (Å²) in [6, 6.07) is 10.2. The minimum Gasteiger partial charge on any atom is -0.481 e. The molecule has 0 radical (unpaired) electrons. The van der Waals surface area contributed by atoms with Gasteiger partial charge in [-0.05, 0) is 36.5 Å². The summed E-state index contributed by atoms with van der Waals surface area (Å²) in [5, 5.41) is 19.7. The molecule has 1 aromatic carbocycles. The number of nitro groups is 1. The first kappa shape index (κ1) is 17.3. The standard InChI is InChI=1S/C18H18N2O4/c21-18(22)10-3-1-2-9-17(15-7-5-11-19-13-15)14-6-4-8-16(12-14)20(23)24/h4-9,11-13H,1-3,10H2,(H,21,22)/b17-9-. The minimum absolute atomic E-state index is 0.0353. The molecule has 0 bridgehead atoms. The van der Waals surface area contributed by atoms with Crippen molar-refractivity contribution in [2.75, 3.05) is 0 Å². The van der Waals surface area contributed by atoms with Gasteiger partial charge in [-0.2, -0.15) is 0 Å². The zero-order valence-electron chi connectivity index (χ0n) is 13.1. The maximum Gasteiger partial charge on any atom is 0.303 e. The lowest BCUT2D eigenvalue weighted by atomic mass is 9.97. The quantitative estimate of drug-likeness (QED) is 0.448.